The molecule has 0 aliphatic carbocycles. The highest BCUT2D eigenvalue weighted by molar-refractivity contribution is 6.30. The Labute approximate surface area is 155 Å². The molecule has 0 aromatic carbocycles. The van der Waals surface area contributed by atoms with Gasteiger partial charge in [-0.2, -0.15) is 4.52 Å². The number of aryl methyl sites for hydroxylation is 1. The first-order valence-corrected chi connectivity index (χ1v) is 8.94. The smallest absolute Gasteiger partial charge is 0.225 e. The second-order valence-corrected chi connectivity index (χ2v) is 6.62. The van der Waals surface area contributed by atoms with Gasteiger partial charge in [-0.25, -0.2) is 4.98 Å². The maximum atomic E-state index is 12.1. The fraction of sp³-hybridized carbons (Fsp3) is 0.353. The predicted molar refractivity (Wildman–Crippen MR) is 98.4 cm³/mol. The third-order valence-corrected chi connectivity index (χ3v) is 4.54. The van der Waals surface area contributed by atoms with Gasteiger partial charge in [0.15, 0.2) is 11.5 Å². The number of pyridine rings is 1. The number of aromatic nitrogens is 5. The summed E-state index contributed by atoms with van der Waals surface area (Å²) in [6.45, 7) is 2.04. The highest BCUT2D eigenvalue weighted by Crippen LogP contribution is 2.18. The van der Waals surface area contributed by atoms with Crippen molar-refractivity contribution in [1.29, 1.82) is 0 Å². The van der Waals surface area contributed by atoms with E-state index in [1.165, 1.54) is 19.0 Å². The molecule has 3 aromatic rings. The van der Waals surface area contributed by atoms with Gasteiger partial charge in [0.1, 0.15) is 11.6 Å². The minimum Gasteiger partial charge on any atom is -0.355 e. The number of carbonyl (C=O) groups is 1. The van der Waals surface area contributed by atoms with Crippen molar-refractivity contribution in [3.63, 3.8) is 0 Å². The molecule has 0 radical (unpaired) electrons. The van der Waals surface area contributed by atoms with Crippen LogP contribution < -0.4 is 10.2 Å². The fourth-order valence-corrected chi connectivity index (χ4v) is 3.09. The van der Waals surface area contributed by atoms with E-state index in [4.69, 9.17) is 11.6 Å². The summed E-state index contributed by atoms with van der Waals surface area (Å²) in [4.78, 5) is 18.4. The van der Waals surface area contributed by atoms with E-state index in [0.29, 0.717) is 28.7 Å². The summed E-state index contributed by atoms with van der Waals surface area (Å²) in [5.41, 5.74) is 0.683. The van der Waals surface area contributed by atoms with Crippen molar-refractivity contribution in [2.24, 2.45) is 0 Å². The topological polar surface area (TPSA) is 88.3 Å². The van der Waals surface area contributed by atoms with Crippen LogP contribution >= 0.6 is 11.6 Å². The van der Waals surface area contributed by atoms with Crippen LogP contribution in [0.5, 0.6) is 0 Å². The third kappa shape index (κ3) is 3.60. The summed E-state index contributed by atoms with van der Waals surface area (Å²) < 4.78 is 1.72. The van der Waals surface area contributed by atoms with Gasteiger partial charge < -0.3 is 10.2 Å². The molecule has 1 fully saturated rings. The number of fused-ring (bicyclic) bond motifs is 1. The van der Waals surface area contributed by atoms with Gasteiger partial charge in [0.2, 0.25) is 5.91 Å². The molecule has 26 heavy (non-hydrogen) atoms. The van der Waals surface area contributed by atoms with E-state index in [0.717, 1.165) is 18.9 Å². The van der Waals surface area contributed by atoms with Gasteiger partial charge in [0.25, 0.3) is 0 Å². The summed E-state index contributed by atoms with van der Waals surface area (Å²) in [6, 6.07) is 7.23. The maximum Gasteiger partial charge on any atom is 0.225 e. The monoisotopic (exact) mass is 371 g/mol. The van der Waals surface area contributed by atoms with E-state index in [1.54, 1.807) is 16.6 Å². The summed E-state index contributed by atoms with van der Waals surface area (Å²) in [5.74, 6) is 1.92. The van der Waals surface area contributed by atoms with Crippen LogP contribution in [0.15, 0.2) is 30.5 Å². The number of hydrogen-bond acceptors (Lipinski definition) is 6. The van der Waals surface area contributed by atoms with Crippen LogP contribution in [0, 0.1) is 0 Å². The lowest BCUT2D eigenvalue weighted by molar-refractivity contribution is -0.116. The maximum absolute atomic E-state index is 12.1. The standard InChI is InChI=1S/C17H18ClN7O/c18-12-3-4-13(19-11-12)20-17(26)8-7-15-22-21-14-5-6-16(23-25(14)15)24-9-1-2-10-24/h3-6,11H,1-2,7-10H2,(H,19,20,26). The molecular formula is C17H18ClN7O. The first-order valence-electron chi connectivity index (χ1n) is 8.57. The fourth-order valence-electron chi connectivity index (χ4n) is 2.97. The zero-order valence-corrected chi connectivity index (χ0v) is 14.9. The van der Waals surface area contributed by atoms with E-state index in [1.807, 2.05) is 12.1 Å². The van der Waals surface area contributed by atoms with Crippen LogP contribution in [0.25, 0.3) is 5.65 Å². The Hall–Kier alpha value is -2.74. The van der Waals surface area contributed by atoms with E-state index >= 15 is 0 Å². The summed E-state index contributed by atoms with van der Waals surface area (Å²) >= 11 is 5.79. The molecule has 0 atom stereocenters. The molecule has 4 rings (SSSR count). The van der Waals surface area contributed by atoms with Crippen molar-refractivity contribution in [1.82, 2.24) is 24.8 Å². The van der Waals surface area contributed by atoms with Crippen LogP contribution in [0.3, 0.4) is 0 Å². The summed E-state index contributed by atoms with van der Waals surface area (Å²) in [6.07, 6.45) is 4.58. The molecule has 0 saturated carbocycles. The molecule has 1 N–H and O–H groups in total. The van der Waals surface area contributed by atoms with E-state index in [-0.39, 0.29) is 12.3 Å². The summed E-state index contributed by atoms with van der Waals surface area (Å²) in [7, 11) is 0. The lowest BCUT2D eigenvalue weighted by Gasteiger charge is -2.15. The molecule has 1 aliphatic heterocycles. The Kier molecular flexibility index (Phi) is 4.66. The molecule has 0 spiro atoms. The number of carbonyl (C=O) groups excluding carboxylic acids is 1. The molecule has 1 aliphatic rings. The van der Waals surface area contributed by atoms with Gasteiger partial charge >= 0.3 is 0 Å². The Balaban J connectivity index is 1.43. The molecular weight excluding hydrogens is 354 g/mol. The van der Waals surface area contributed by atoms with Gasteiger partial charge in [0, 0.05) is 32.1 Å². The van der Waals surface area contributed by atoms with Gasteiger partial charge in [0.05, 0.1) is 5.02 Å². The number of hydrogen-bond donors (Lipinski definition) is 1. The average Bonchev–Trinajstić information content (AvgIpc) is 3.31. The van der Waals surface area contributed by atoms with E-state index in [2.05, 4.69) is 30.5 Å². The summed E-state index contributed by atoms with van der Waals surface area (Å²) in [5, 5.41) is 16.2. The SMILES string of the molecule is O=C(CCc1nnc2ccc(N3CCCC3)nn12)Nc1ccc(Cl)cn1. The van der Waals surface area contributed by atoms with Crippen molar-refractivity contribution in [3.8, 4) is 0 Å². The van der Waals surface area contributed by atoms with Crippen molar-refractivity contribution in [3.05, 3.63) is 41.3 Å². The van der Waals surface area contributed by atoms with E-state index in [9.17, 15) is 4.79 Å². The number of halogens is 1. The van der Waals surface area contributed by atoms with Crippen molar-refractivity contribution in [2.75, 3.05) is 23.3 Å². The number of anilines is 2. The van der Waals surface area contributed by atoms with Crippen LogP contribution in [0.2, 0.25) is 5.02 Å². The quantitative estimate of drug-likeness (QED) is 0.740. The number of amides is 1. The molecule has 134 valence electrons. The van der Waals surface area contributed by atoms with Gasteiger partial charge in [-0.05, 0) is 37.1 Å². The second kappa shape index (κ2) is 7.25. The third-order valence-electron chi connectivity index (χ3n) is 4.31. The molecule has 3 aromatic heterocycles. The first kappa shape index (κ1) is 16.7. The Morgan fingerprint density at radius 3 is 2.77 bits per heavy atom. The molecule has 1 amide bonds. The lowest BCUT2D eigenvalue weighted by atomic mass is 10.3. The molecule has 4 heterocycles. The zero-order chi connectivity index (χ0) is 17.9. The van der Waals surface area contributed by atoms with Crippen molar-refractivity contribution in [2.45, 2.75) is 25.7 Å². The Morgan fingerprint density at radius 2 is 2.00 bits per heavy atom. The van der Waals surface area contributed by atoms with Gasteiger partial charge in [-0.3, -0.25) is 4.79 Å². The predicted octanol–water partition coefficient (Wildman–Crippen LogP) is 2.34. The second-order valence-electron chi connectivity index (χ2n) is 6.18. The number of nitrogens with zero attached hydrogens (tertiary/aromatic N) is 6. The van der Waals surface area contributed by atoms with E-state index < -0.39 is 0 Å². The van der Waals surface area contributed by atoms with Crippen molar-refractivity contribution < 1.29 is 4.79 Å². The van der Waals surface area contributed by atoms with Crippen LogP contribution in [-0.2, 0) is 11.2 Å². The highest BCUT2D eigenvalue weighted by Gasteiger charge is 2.16. The lowest BCUT2D eigenvalue weighted by Crippen LogP contribution is -2.20. The largest absolute Gasteiger partial charge is 0.355 e. The van der Waals surface area contributed by atoms with Crippen LogP contribution in [0.4, 0.5) is 11.6 Å². The van der Waals surface area contributed by atoms with Crippen LogP contribution in [-0.4, -0.2) is 43.8 Å². The Morgan fingerprint density at radius 1 is 1.15 bits per heavy atom. The van der Waals surface area contributed by atoms with Crippen LogP contribution in [0.1, 0.15) is 25.1 Å². The van der Waals surface area contributed by atoms with Gasteiger partial charge in [-0.1, -0.05) is 11.6 Å². The number of nitrogens with one attached hydrogen (secondary N) is 1. The Bertz CT molecular complexity index is 919. The van der Waals surface area contributed by atoms with Gasteiger partial charge in [-0.15, -0.1) is 15.3 Å². The molecule has 8 nitrogen and oxygen atoms in total. The minimum atomic E-state index is -0.146. The minimum absolute atomic E-state index is 0.146. The average molecular weight is 372 g/mol. The number of rotatable bonds is 5. The highest BCUT2D eigenvalue weighted by atomic mass is 35.5. The normalized spacial score (nSPS) is 14.1. The molecule has 1 saturated heterocycles. The molecule has 9 heteroatoms. The van der Waals surface area contributed by atoms with Crippen molar-refractivity contribution >= 4 is 34.8 Å². The molecule has 0 bridgehead atoms. The first-order chi connectivity index (χ1) is 12.7. The molecule has 0 unspecified atom stereocenters. The zero-order valence-electron chi connectivity index (χ0n) is 14.1.